The molecule has 4 nitrogen and oxygen atoms in total. The van der Waals surface area contributed by atoms with Gasteiger partial charge in [0.15, 0.2) is 0 Å². The molecular formula is C17H15F4NO3. The summed E-state index contributed by atoms with van der Waals surface area (Å²) in [7, 11) is 0. The number of hydrogen-bond donors (Lipinski definition) is 1. The maximum absolute atomic E-state index is 12.3. The first-order chi connectivity index (χ1) is 12.0. The van der Waals surface area contributed by atoms with Crippen molar-refractivity contribution in [3.05, 3.63) is 59.7 Å². The van der Waals surface area contributed by atoms with Crippen LogP contribution in [-0.2, 0) is 6.42 Å². The number of ether oxygens (including phenoxy) is 2. The van der Waals surface area contributed by atoms with Crippen LogP contribution in [0, 0.1) is 0 Å². The molecule has 8 heteroatoms. The molecule has 25 heavy (non-hydrogen) atoms. The molecule has 0 atom stereocenters. The predicted molar refractivity (Wildman–Crippen MR) is 82.2 cm³/mol. The van der Waals surface area contributed by atoms with E-state index in [2.05, 4.69) is 14.8 Å². The van der Waals surface area contributed by atoms with E-state index in [1.807, 2.05) is 0 Å². The Morgan fingerprint density at radius 3 is 2.20 bits per heavy atom. The third kappa shape index (κ3) is 5.98. The van der Waals surface area contributed by atoms with Crippen LogP contribution in [-0.4, -0.2) is 25.7 Å². The number of benzene rings is 2. The second-order valence-corrected chi connectivity index (χ2v) is 4.90. The van der Waals surface area contributed by atoms with Crippen molar-refractivity contribution < 1.29 is 31.8 Å². The van der Waals surface area contributed by atoms with Gasteiger partial charge in [-0.05, 0) is 36.2 Å². The van der Waals surface area contributed by atoms with Gasteiger partial charge in [0.1, 0.15) is 11.5 Å². The fourth-order valence-corrected chi connectivity index (χ4v) is 2.11. The third-order valence-electron chi connectivity index (χ3n) is 3.20. The molecule has 0 bridgehead atoms. The van der Waals surface area contributed by atoms with Crippen molar-refractivity contribution in [1.29, 1.82) is 0 Å². The van der Waals surface area contributed by atoms with Gasteiger partial charge in [-0.3, -0.25) is 4.79 Å². The second-order valence-electron chi connectivity index (χ2n) is 4.90. The molecular weight excluding hydrogens is 342 g/mol. The highest BCUT2D eigenvalue weighted by atomic mass is 19.3. The van der Waals surface area contributed by atoms with Crippen LogP contribution >= 0.6 is 0 Å². The van der Waals surface area contributed by atoms with Gasteiger partial charge in [-0.1, -0.05) is 24.3 Å². The van der Waals surface area contributed by atoms with Gasteiger partial charge in [-0.2, -0.15) is 17.6 Å². The molecule has 0 aliphatic rings. The SMILES string of the molecule is O=C(NCCc1ccc(OC(F)F)cc1)c1ccccc1OC(F)F. The Bertz CT molecular complexity index is 693. The van der Waals surface area contributed by atoms with Crippen molar-refractivity contribution in [2.45, 2.75) is 19.6 Å². The Kier molecular flexibility index (Phi) is 6.62. The summed E-state index contributed by atoms with van der Waals surface area (Å²) in [6.07, 6.45) is 0.429. The van der Waals surface area contributed by atoms with Crippen LogP contribution in [0.1, 0.15) is 15.9 Å². The molecule has 1 amide bonds. The van der Waals surface area contributed by atoms with Gasteiger partial charge in [-0.25, -0.2) is 0 Å². The fraction of sp³-hybridized carbons (Fsp3) is 0.235. The molecule has 0 aliphatic carbocycles. The van der Waals surface area contributed by atoms with Gasteiger partial charge < -0.3 is 14.8 Å². The van der Waals surface area contributed by atoms with E-state index in [4.69, 9.17) is 0 Å². The molecule has 0 heterocycles. The van der Waals surface area contributed by atoms with E-state index in [0.29, 0.717) is 6.42 Å². The summed E-state index contributed by atoms with van der Waals surface area (Å²) in [6, 6.07) is 11.7. The van der Waals surface area contributed by atoms with Crippen molar-refractivity contribution >= 4 is 5.91 Å². The maximum atomic E-state index is 12.3. The van der Waals surface area contributed by atoms with Crippen LogP contribution in [0.3, 0.4) is 0 Å². The number of alkyl halides is 4. The van der Waals surface area contributed by atoms with Crippen molar-refractivity contribution in [2.24, 2.45) is 0 Å². The molecule has 0 aliphatic heterocycles. The molecule has 134 valence electrons. The fourth-order valence-electron chi connectivity index (χ4n) is 2.11. The zero-order valence-corrected chi connectivity index (χ0v) is 12.9. The highest BCUT2D eigenvalue weighted by Gasteiger charge is 2.14. The summed E-state index contributed by atoms with van der Waals surface area (Å²) < 4.78 is 57.3. The van der Waals surface area contributed by atoms with E-state index < -0.39 is 19.1 Å². The number of carbonyl (C=O) groups excluding carboxylic acids is 1. The Labute approximate surface area is 141 Å². The van der Waals surface area contributed by atoms with E-state index >= 15 is 0 Å². The van der Waals surface area contributed by atoms with E-state index in [-0.39, 0.29) is 23.6 Å². The van der Waals surface area contributed by atoms with Crippen molar-refractivity contribution in [3.8, 4) is 11.5 Å². The molecule has 0 aromatic heterocycles. The summed E-state index contributed by atoms with van der Waals surface area (Å²) in [6.45, 7) is -5.68. The molecule has 2 rings (SSSR count). The first-order valence-electron chi connectivity index (χ1n) is 7.31. The largest absolute Gasteiger partial charge is 0.435 e. The summed E-state index contributed by atoms with van der Waals surface area (Å²) in [5, 5.41) is 2.59. The third-order valence-corrected chi connectivity index (χ3v) is 3.20. The first kappa shape index (κ1) is 18.6. The summed E-state index contributed by atoms with van der Waals surface area (Å²) in [5.41, 5.74) is 0.794. The molecule has 0 spiro atoms. The Morgan fingerprint density at radius 1 is 0.920 bits per heavy atom. The Hall–Kier alpha value is -2.77. The number of para-hydroxylation sites is 1. The van der Waals surface area contributed by atoms with Crippen LogP contribution in [0.4, 0.5) is 17.6 Å². The molecule has 0 radical (unpaired) electrons. The standard InChI is InChI=1S/C17H15F4NO3/c18-16(19)24-12-7-5-11(6-8-12)9-10-22-15(23)13-3-1-2-4-14(13)25-17(20)21/h1-8,16-17H,9-10H2,(H,22,23). The summed E-state index contributed by atoms with van der Waals surface area (Å²) >= 11 is 0. The molecule has 0 saturated carbocycles. The molecule has 2 aromatic carbocycles. The van der Waals surface area contributed by atoms with Crippen molar-refractivity contribution in [3.63, 3.8) is 0 Å². The van der Waals surface area contributed by atoms with Crippen molar-refractivity contribution in [1.82, 2.24) is 5.32 Å². The molecule has 0 saturated heterocycles. The second kappa shape index (κ2) is 8.91. The lowest BCUT2D eigenvalue weighted by atomic mass is 10.1. The van der Waals surface area contributed by atoms with Gasteiger partial charge >= 0.3 is 13.2 Å². The highest BCUT2D eigenvalue weighted by molar-refractivity contribution is 5.96. The smallest absolute Gasteiger partial charge is 0.387 e. The van der Waals surface area contributed by atoms with Gasteiger partial charge in [-0.15, -0.1) is 0 Å². The average Bonchev–Trinajstić information content (AvgIpc) is 2.56. The number of rotatable bonds is 8. The van der Waals surface area contributed by atoms with Crippen molar-refractivity contribution in [2.75, 3.05) is 6.54 Å². The first-order valence-corrected chi connectivity index (χ1v) is 7.31. The van der Waals surface area contributed by atoms with Crippen LogP contribution in [0.25, 0.3) is 0 Å². The number of carbonyl (C=O) groups is 1. The molecule has 0 fully saturated rings. The lowest BCUT2D eigenvalue weighted by Crippen LogP contribution is -2.26. The number of nitrogens with one attached hydrogen (secondary N) is 1. The minimum Gasteiger partial charge on any atom is -0.435 e. The summed E-state index contributed by atoms with van der Waals surface area (Å²) in [4.78, 5) is 12.1. The minimum atomic E-state index is -3.03. The van der Waals surface area contributed by atoms with Crippen LogP contribution < -0.4 is 14.8 Å². The molecule has 2 aromatic rings. The van der Waals surface area contributed by atoms with Crippen LogP contribution in [0.5, 0.6) is 11.5 Å². The minimum absolute atomic E-state index is 0.00322. The van der Waals surface area contributed by atoms with E-state index in [1.165, 1.54) is 36.4 Å². The number of hydrogen-bond acceptors (Lipinski definition) is 3. The van der Waals surface area contributed by atoms with Gasteiger partial charge in [0.2, 0.25) is 0 Å². The zero-order valence-electron chi connectivity index (χ0n) is 12.9. The molecule has 0 unspecified atom stereocenters. The maximum Gasteiger partial charge on any atom is 0.387 e. The highest BCUT2D eigenvalue weighted by Crippen LogP contribution is 2.20. The monoisotopic (exact) mass is 357 g/mol. The number of amides is 1. The topological polar surface area (TPSA) is 47.6 Å². The van der Waals surface area contributed by atoms with Gasteiger partial charge in [0.25, 0.3) is 5.91 Å². The van der Waals surface area contributed by atoms with E-state index in [9.17, 15) is 22.4 Å². The Balaban J connectivity index is 1.88. The Morgan fingerprint density at radius 2 is 1.56 bits per heavy atom. The predicted octanol–water partition coefficient (Wildman–Crippen LogP) is 3.86. The quantitative estimate of drug-likeness (QED) is 0.730. The average molecular weight is 357 g/mol. The van der Waals surface area contributed by atoms with E-state index in [0.717, 1.165) is 5.56 Å². The van der Waals surface area contributed by atoms with Crippen LogP contribution in [0.15, 0.2) is 48.5 Å². The van der Waals surface area contributed by atoms with E-state index in [1.54, 1.807) is 12.1 Å². The lowest BCUT2D eigenvalue weighted by Gasteiger charge is -2.11. The normalized spacial score (nSPS) is 10.8. The molecule has 1 N–H and O–H groups in total. The van der Waals surface area contributed by atoms with Gasteiger partial charge in [0.05, 0.1) is 5.56 Å². The van der Waals surface area contributed by atoms with Crippen LogP contribution in [0.2, 0.25) is 0 Å². The number of halogens is 4. The summed E-state index contributed by atoms with van der Waals surface area (Å²) in [5.74, 6) is -0.710. The lowest BCUT2D eigenvalue weighted by molar-refractivity contribution is -0.0507. The van der Waals surface area contributed by atoms with Gasteiger partial charge in [0, 0.05) is 6.54 Å². The zero-order chi connectivity index (χ0) is 18.2.